The maximum atomic E-state index is 12.1. The van der Waals surface area contributed by atoms with Crippen molar-refractivity contribution in [3.8, 4) is 5.75 Å². The Morgan fingerprint density at radius 1 is 1.42 bits per heavy atom. The number of anilines is 1. The second-order valence-corrected chi connectivity index (χ2v) is 4.56. The molecule has 0 atom stereocenters. The molecular formula is C12H10N4O2S. The molecule has 3 aromatic rings. The van der Waals surface area contributed by atoms with E-state index in [-0.39, 0.29) is 5.91 Å². The zero-order valence-electron chi connectivity index (χ0n) is 10.0. The minimum absolute atomic E-state index is 0.290. The minimum Gasteiger partial charge on any atom is -0.495 e. The van der Waals surface area contributed by atoms with Gasteiger partial charge in [0.25, 0.3) is 5.91 Å². The van der Waals surface area contributed by atoms with Crippen molar-refractivity contribution in [2.75, 3.05) is 12.4 Å². The van der Waals surface area contributed by atoms with Crippen molar-refractivity contribution in [1.29, 1.82) is 0 Å². The number of ether oxygens (including phenoxy) is 1. The van der Waals surface area contributed by atoms with Crippen molar-refractivity contribution < 1.29 is 9.53 Å². The number of methoxy groups -OCH3 is 1. The maximum absolute atomic E-state index is 12.1. The van der Waals surface area contributed by atoms with Crippen LogP contribution in [0.3, 0.4) is 0 Å². The first-order chi connectivity index (χ1) is 9.28. The smallest absolute Gasteiger partial charge is 0.276 e. The van der Waals surface area contributed by atoms with Gasteiger partial charge in [-0.15, -0.1) is 0 Å². The Labute approximate surface area is 112 Å². The molecule has 1 aromatic carbocycles. The number of carbonyl (C=O) groups is 1. The fourth-order valence-corrected chi connectivity index (χ4v) is 2.28. The third kappa shape index (κ3) is 2.15. The number of carbonyl (C=O) groups excluding carboxylic acids is 1. The van der Waals surface area contributed by atoms with Crippen molar-refractivity contribution in [1.82, 2.24) is 14.6 Å². The van der Waals surface area contributed by atoms with E-state index < -0.39 is 0 Å². The molecule has 6 nitrogen and oxygen atoms in total. The summed E-state index contributed by atoms with van der Waals surface area (Å²) < 4.78 is 6.75. The average Bonchev–Trinajstić information content (AvgIpc) is 3.00. The summed E-state index contributed by atoms with van der Waals surface area (Å²) in [5.41, 5.74) is 2.61. The van der Waals surface area contributed by atoms with Gasteiger partial charge in [-0.25, -0.2) is 9.50 Å². The number of aromatic nitrogens is 3. The van der Waals surface area contributed by atoms with E-state index in [0.29, 0.717) is 22.1 Å². The standard InChI is InChI=1S/C12H10N4O2S/c1-18-10-5-3-2-4-8(10)14-11(17)9-6-16-12(15-9)19-7-13-16/h2-7H,1H3,(H,14,17). The van der Waals surface area contributed by atoms with Gasteiger partial charge in [-0.1, -0.05) is 23.5 Å². The zero-order chi connectivity index (χ0) is 13.2. The third-order valence-corrected chi connectivity index (χ3v) is 3.26. The van der Waals surface area contributed by atoms with E-state index in [2.05, 4.69) is 15.4 Å². The van der Waals surface area contributed by atoms with Crippen LogP contribution in [0.1, 0.15) is 10.5 Å². The Morgan fingerprint density at radius 2 is 2.26 bits per heavy atom. The summed E-state index contributed by atoms with van der Waals surface area (Å²) in [5.74, 6) is 0.317. The fourth-order valence-electron chi connectivity index (χ4n) is 1.68. The van der Waals surface area contributed by atoms with Gasteiger partial charge < -0.3 is 10.1 Å². The van der Waals surface area contributed by atoms with Crippen molar-refractivity contribution in [2.24, 2.45) is 0 Å². The first-order valence-electron chi connectivity index (χ1n) is 5.51. The van der Waals surface area contributed by atoms with Crippen LogP contribution in [0.5, 0.6) is 5.75 Å². The lowest BCUT2D eigenvalue weighted by Gasteiger charge is -2.08. The van der Waals surface area contributed by atoms with Gasteiger partial charge in [0.1, 0.15) is 17.0 Å². The minimum atomic E-state index is -0.290. The van der Waals surface area contributed by atoms with E-state index in [4.69, 9.17) is 4.74 Å². The molecule has 0 saturated heterocycles. The molecule has 0 spiro atoms. The number of imidazole rings is 1. The van der Waals surface area contributed by atoms with E-state index in [9.17, 15) is 4.79 Å². The number of rotatable bonds is 3. The molecule has 0 saturated carbocycles. The SMILES string of the molecule is COc1ccccc1NC(=O)c1cn2ncsc2n1. The van der Waals surface area contributed by atoms with Crippen LogP contribution in [0.25, 0.3) is 4.96 Å². The molecule has 0 unspecified atom stereocenters. The molecule has 0 aliphatic rings. The molecule has 0 bridgehead atoms. The van der Waals surface area contributed by atoms with Gasteiger partial charge in [0.2, 0.25) is 4.96 Å². The molecule has 0 radical (unpaired) electrons. The van der Waals surface area contributed by atoms with Crippen molar-refractivity contribution >= 4 is 27.9 Å². The normalized spacial score (nSPS) is 10.6. The summed E-state index contributed by atoms with van der Waals surface area (Å²) in [7, 11) is 1.56. The Hall–Kier alpha value is -2.41. The zero-order valence-corrected chi connectivity index (χ0v) is 10.8. The molecule has 1 amide bonds. The van der Waals surface area contributed by atoms with Crippen LogP contribution in [0.4, 0.5) is 5.69 Å². The fraction of sp³-hybridized carbons (Fsp3) is 0.0833. The molecule has 2 aromatic heterocycles. The number of nitrogens with one attached hydrogen (secondary N) is 1. The monoisotopic (exact) mass is 274 g/mol. The number of para-hydroxylation sites is 2. The van der Waals surface area contributed by atoms with E-state index >= 15 is 0 Å². The number of fused-ring (bicyclic) bond motifs is 1. The Kier molecular flexibility index (Phi) is 2.88. The van der Waals surface area contributed by atoms with Crippen molar-refractivity contribution in [2.45, 2.75) is 0 Å². The summed E-state index contributed by atoms with van der Waals surface area (Å²) >= 11 is 1.38. The number of nitrogens with zero attached hydrogens (tertiary/aromatic N) is 3. The molecule has 2 heterocycles. The van der Waals surface area contributed by atoms with Gasteiger partial charge in [-0.3, -0.25) is 4.79 Å². The highest BCUT2D eigenvalue weighted by molar-refractivity contribution is 7.14. The summed E-state index contributed by atoms with van der Waals surface area (Å²) in [6.07, 6.45) is 1.59. The average molecular weight is 274 g/mol. The lowest BCUT2D eigenvalue weighted by atomic mass is 10.3. The van der Waals surface area contributed by atoms with E-state index in [1.807, 2.05) is 12.1 Å². The Balaban J connectivity index is 1.86. The van der Waals surface area contributed by atoms with Crippen molar-refractivity contribution in [3.63, 3.8) is 0 Å². The van der Waals surface area contributed by atoms with Gasteiger partial charge in [-0.05, 0) is 12.1 Å². The predicted octanol–water partition coefficient (Wildman–Crippen LogP) is 2.05. The van der Waals surface area contributed by atoms with Gasteiger partial charge in [-0.2, -0.15) is 5.10 Å². The van der Waals surface area contributed by atoms with Crippen molar-refractivity contribution in [3.05, 3.63) is 41.7 Å². The van der Waals surface area contributed by atoms with Crippen LogP contribution in [-0.2, 0) is 0 Å². The van der Waals surface area contributed by atoms with Crippen LogP contribution in [-0.4, -0.2) is 27.6 Å². The molecule has 0 aliphatic heterocycles. The van der Waals surface area contributed by atoms with Gasteiger partial charge in [0, 0.05) is 0 Å². The number of hydrogen-bond acceptors (Lipinski definition) is 5. The van der Waals surface area contributed by atoms with Crippen LogP contribution in [0.2, 0.25) is 0 Å². The van der Waals surface area contributed by atoms with Gasteiger partial charge in [0.15, 0.2) is 0 Å². The molecule has 0 fully saturated rings. The van der Waals surface area contributed by atoms with Gasteiger partial charge >= 0.3 is 0 Å². The summed E-state index contributed by atoms with van der Waals surface area (Å²) in [6, 6.07) is 7.22. The molecule has 96 valence electrons. The largest absolute Gasteiger partial charge is 0.495 e. The highest BCUT2D eigenvalue weighted by Gasteiger charge is 2.13. The van der Waals surface area contributed by atoms with Gasteiger partial charge in [0.05, 0.1) is 19.0 Å². The summed E-state index contributed by atoms with van der Waals surface area (Å²) in [4.78, 5) is 17.0. The molecule has 7 heteroatoms. The van der Waals surface area contributed by atoms with Crippen LogP contribution < -0.4 is 10.1 Å². The molecule has 3 rings (SSSR count). The topological polar surface area (TPSA) is 68.5 Å². The number of amides is 1. The summed E-state index contributed by atoms with van der Waals surface area (Å²) in [5, 5.41) is 6.80. The first-order valence-corrected chi connectivity index (χ1v) is 6.39. The number of benzene rings is 1. The number of hydrogen-bond donors (Lipinski definition) is 1. The maximum Gasteiger partial charge on any atom is 0.276 e. The summed E-state index contributed by atoms with van der Waals surface area (Å²) in [6.45, 7) is 0. The van der Waals surface area contributed by atoms with E-state index in [1.165, 1.54) is 11.3 Å². The molecule has 19 heavy (non-hydrogen) atoms. The van der Waals surface area contributed by atoms with Crippen LogP contribution in [0, 0.1) is 0 Å². The predicted molar refractivity (Wildman–Crippen MR) is 71.8 cm³/mol. The second kappa shape index (κ2) is 4.69. The van der Waals surface area contributed by atoms with Crippen LogP contribution in [0.15, 0.2) is 36.0 Å². The van der Waals surface area contributed by atoms with E-state index in [1.54, 1.807) is 35.5 Å². The molecule has 1 N–H and O–H groups in total. The first kappa shape index (κ1) is 11.7. The highest BCUT2D eigenvalue weighted by atomic mass is 32.1. The quantitative estimate of drug-likeness (QED) is 0.793. The molecule has 0 aliphatic carbocycles. The Morgan fingerprint density at radius 3 is 3.05 bits per heavy atom. The highest BCUT2D eigenvalue weighted by Crippen LogP contribution is 2.23. The lowest BCUT2D eigenvalue weighted by Crippen LogP contribution is -2.13. The second-order valence-electron chi connectivity index (χ2n) is 3.75. The molecular weight excluding hydrogens is 264 g/mol. The van der Waals surface area contributed by atoms with Crippen LogP contribution >= 0.6 is 11.3 Å². The van der Waals surface area contributed by atoms with E-state index in [0.717, 1.165) is 0 Å². The third-order valence-electron chi connectivity index (χ3n) is 2.57. The Bertz CT molecular complexity index is 705. The lowest BCUT2D eigenvalue weighted by molar-refractivity contribution is 0.102.